The zero-order chi connectivity index (χ0) is 28.5. The first kappa shape index (κ1) is 26.8. The van der Waals surface area contributed by atoms with Gasteiger partial charge in [-0.25, -0.2) is 9.97 Å². The molecule has 0 amide bonds. The summed E-state index contributed by atoms with van der Waals surface area (Å²) in [7, 11) is 0. The van der Waals surface area contributed by atoms with E-state index >= 15 is 0 Å². The van der Waals surface area contributed by atoms with E-state index in [1.54, 1.807) is 6.07 Å². The second kappa shape index (κ2) is 11.7. The van der Waals surface area contributed by atoms with Gasteiger partial charge in [-0.3, -0.25) is 9.69 Å². The summed E-state index contributed by atoms with van der Waals surface area (Å²) in [5.74, 6) is 2.03. The minimum absolute atomic E-state index is 0.162. The van der Waals surface area contributed by atoms with Gasteiger partial charge in [-0.1, -0.05) is 0 Å². The molecule has 3 aliphatic heterocycles. The van der Waals surface area contributed by atoms with E-state index in [-0.39, 0.29) is 6.10 Å². The third kappa shape index (κ3) is 5.42. The van der Waals surface area contributed by atoms with Crippen LogP contribution in [0.5, 0.6) is 11.6 Å². The van der Waals surface area contributed by atoms with Gasteiger partial charge in [-0.2, -0.15) is 5.26 Å². The van der Waals surface area contributed by atoms with Crippen molar-refractivity contribution in [3.63, 3.8) is 0 Å². The maximum absolute atomic E-state index is 10.9. The van der Waals surface area contributed by atoms with Crippen molar-refractivity contribution in [3.05, 3.63) is 74.9 Å². The lowest BCUT2D eigenvalue weighted by atomic mass is 9.95. The Bertz CT molecular complexity index is 1720. The molecule has 7 rings (SSSR count). The quantitative estimate of drug-likeness (QED) is 0.264. The van der Waals surface area contributed by atoms with Gasteiger partial charge in [-0.15, -0.1) is 11.3 Å². The predicted molar refractivity (Wildman–Crippen MR) is 155 cm³/mol. The largest absolute Gasteiger partial charge is 0.472 e. The first-order valence-corrected chi connectivity index (χ1v) is 14.8. The number of aromatic nitrogens is 3. The van der Waals surface area contributed by atoms with Crippen LogP contribution in [0.1, 0.15) is 39.7 Å². The van der Waals surface area contributed by atoms with Crippen molar-refractivity contribution in [1.29, 1.82) is 5.26 Å². The summed E-state index contributed by atoms with van der Waals surface area (Å²) in [6, 6.07) is 15.4. The van der Waals surface area contributed by atoms with Gasteiger partial charge in [0.15, 0.2) is 0 Å². The van der Waals surface area contributed by atoms with Crippen molar-refractivity contribution in [1.82, 2.24) is 19.4 Å². The van der Waals surface area contributed by atoms with Gasteiger partial charge in [0, 0.05) is 42.3 Å². The Kier molecular flexibility index (Phi) is 7.44. The van der Waals surface area contributed by atoms with Crippen LogP contribution in [0.2, 0.25) is 0 Å². The van der Waals surface area contributed by atoms with Crippen LogP contribution in [0.3, 0.4) is 0 Å². The Morgan fingerprint density at radius 2 is 2.10 bits per heavy atom. The highest BCUT2D eigenvalue weighted by Gasteiger charge is 2.28. The molecule has 3 aromatic heterocycles. The third-order valence-corrected chi connectivity index (χ3v) is 8.92. The molecule has 1 saturated heterocycles. The molecule has 1 fully saturated rings. The molecule has 0 unspecified atom stereocenters. The van der Waals surface area contributed by atoms with E-state index in [0.29, 0.717) is 55.9 Å². The number of benzene rings is 1. The summed E-state index contributed by atoms with van der Waals surface area (Å²) in [6.07, 6.45) is 2.03. The number of rotatable bonds is 9. The number of fused-ring (bicyclic) bond motifs is 3. The second-order valence-electron chi connectivity index (χ2n) is 10.6. The van der Waals surface area contributed by atoms with Crippen molar-refractivity contribution >= 4 is 34.4 Å². The van der Waals surface area contributed by atoms with Gasteiger partial charge < -0.3 is 23.5 Å². The lowest BCUT2D eigenvalue weighted by Crippen LogP contribution is -2.35. The van der Waals surface area contributed by atoms with Crippen molar-refractivity contribution < 1.29 is 23.7 Å². The lowest BCUT2D eigenvalue weighted by molar-refractivity contribution is -0.120. The molecule has 11 heteroatoms. The van der Waals surface area contributed by atoms with E-state index in [9.17, 15) is 4.79 Å². The molecule has 4 aromatic rings. The molecule has 0 aliphatic carbocycles. The van der Waals surface area contributed by atoms with Gasteiger partial charge >= 0.3 is 0 Å². The third-order valence-electron chi connectivity index (χ3n) is 7.95. The zero-order valence-electron chi connectivity index (χ0n) is 23.0. The topological polar surface area (TPSA) is 112 Å². The molecular formula is C31H29N5O5S. The highest BCUT2D eigenvalue weighted by Crippen LogP contribution is 2.34. The van der Waals surface area contributed by atoms with Crippen molar-refractivity contribution in [2.75, 3.05) is 26.3 Å². The average Bonchev–Trinajstić information content (AvgIpc) is 3.53. The second-order valence-corrected chi connectivity index (χ2v) is 11.8. The van der Waals surface area contributed by atoms with Crippen LogP contribution in [0.25, 0.3) is 16.6 Å². The maximum atomic E-state index is 10.9. The molecule has 42 heavy (non-hydrogen) atoms. The van der Waals surface area contributed by atoms with Crippen LogP contribution in [-0.2, 0) is 40.6 Å². The SMILES string of the molecule is N#Cc1ccc(COc2ccc3c(n2)C2=C(COC3)CN(Cc3nc4ccc(OC=O)cc4n3C[C@@H]3CCO3)CC2)s1. The number of hydrogen-bond acceptors (Lipinski definition) is 10. The Morgan fingerprint density at radius 3 is 2.90 bits per heavy atom. The van der Waals surface area contributed by atoms with E-state index in [0.717, 1.165) is 65.5 Å². The normalized spacial score (nSPS) is 18.5. The Hall–Kier alpha value is -4.08. The number of pyridine rings is 1. The van der Waals surface area contributed by atoms with Gasteiger partial charge in [0.1, 0.15) is 29.1 Å². The van der Waals surface area contributed by atoms with Crippen molar-refractivity contribution in [2.24, 2.45) is 0 Å². The van der Waals surface area contributed by atoms with E-state index in [4.69, 9.17) is 34.2 Å². The van der Waals surface area contributed by atoms with Gasteiger partial charge in [-0.05, 0) is 54.3 Å². The molecular weight excluding hydrogens is 554 g/mol. The number of nitrogens with zero attached hydrogens (tertiary/aromatic N) is 5. The van der Waals surface area contributed by atoms with Crippen molar-refractivity contribution in [3.8, 4) is 17.7 Å². The van der Waals surface area contributed by atoms with E-state index in [1.165, 1.54) is 22.5 Å². The Morgan fingerprint density at radius 1 is 1.17 bits per heavy atom. The number of ether oxygens (including phenoxy) is 4. The monoisotopic (exact) mass is 583 g/mol. The van der Waals surface area contributed by atoms with Crippen LogP contribution < -0.4 is 9.47 Å². The zero-order valence-corrected chi connectivity index (χ0v) is 23.8. The first-order valence-electron chi connectivity index (χ1n) is 14.0. The van der Waals surface area contributed by atoms with E-state index in [2.05, 4.69) is 15.5 Å². The number of carbonyl (C=O) groups excluding carboxylic acids is 1. The Balaban J connectivity index is 1.11. The molecule has 1 aromatic carbocycles. The maximum Gasteiger partial charge on any atom is 0.298 e. The fourth-order valence-electron chi connectivity index (χ4n) is 5.76. The average molecular weight is 584 g/mol. The van der Waals surface area contributed by atoms with E-state index in [1.807, 2.05) is 36.4 Å². The molecule has 0 spiro atoms. The van der Waals surface area contributed by atoms with Gasteiger partial charge in [0.2, 0.25) is 5.88 Å². The summed E-state index contributed by atoms with van der Waals surface area (Å²) in [6.45, 7) is 5.69. The smallest absolute Gasteiger partial charge is 0.298 e. The number of thiophene rings is 1. The van der Waals surface area contributed by atoms with Crippen LogP contribution >= 0.6 is 11.3 Å². The summed E-state index contributed by atoms with van der Waals surface area (Å²) >= 11 is 1.43. The van der Waals surface area contributed by atoms with Crippen LogP contribution in [0.4, 0.5) is 0 Å². The summed E-state index contributed by atoms with van der Waals surface area (Å²) in [4.78, 5) is 24.9. The van der Waals surface area contributed by atoms with Crippen molar-refractivity contribution in [2.45, 2.75) is 45.2 Å². The number of nitriles is 1. The molecule has 0 N–H and O–H groups in total. The minimum atomic E-state index is 0.162. The van der Waals surface area contributed by atoms with Gasteiger partial charge in [0.05, 0.1) is 49.1 Å². The highest BCUT2D eigenvalue weighted by molar-refractivity contribution is 7.12. The fourth-order valence-corrected chi connectivity index (χ4v) is 6.47. The minimum Gasteiger partial charge on any atom is -0.472 e. The summed E-state index contributed by atoms with van der Waals surface area (Å²) in [5.41, 5.74) is 6.30. The standard InChI is InChI=1S/C31H29N5O5S/c32-12-24-3-4-25(42-24)18-40-30-6-1-20-16-38-17-21-13-35(9-7-26(21)31(20)34-30)15-29-33-27-5-2-22(41-19-37)11-28(27)36(29)14-23-8-10-39-23/h1-6,11,19,23H,7-10,13-18H2/t23-/m0/s1. The summed E-state index contributed by atoms with van der Waals surface area (Å²) in [5, 5.41) is 9.09. The number of imidazole rings is 1. The molecule has 0 radical (unpaired) electrons. The van der Waals surface area contributed by atoms with Gasteiger partial charge in [0.25, 0.3) is 6.47 Å². The summed E-state index contributed by atoms with van der Waals surface area (Å²) < 4.78 is 25.2. The number of carbonyl (C=O) groups is 1. The van der Waals surface area contributed by atoms with Crippen LogP contribution in [0.15, 0.2) is 48.0 Å². The highest BCUT2D eigenvalue weighted by atomic mass is 32.1. The van der Waals surface area contributed by atoms with E-state index < -0.39 is 0 Å². The fraction of sp³-hybridized carbons (Fsp3) is 0.355. The predicted octanol–water partition coefficient (Wildman–Crippen LogP) is 4.46. The Labute approximate surface area is 246 Å². The molecule has 6 heterocycles. The lowest BCUT2D eigenvalue weighted by Gasteiger charge is -2.31. The number of hydrogen-bond donors (Lipinski definition) is 0. The molecule has 3 aliphatic rings. The first-order chi connectivity index (χ1) is 20.7. The molecule has 0 bridgehead atoms. The van der Waals surface area contributed by atoms with Crippen LogP contribution in [0, 0.1) is 11.3 Å². The molecule has 0 saturated carbocycles. The molecule has 1 atom stereocenters. The molecule has 10 nitrogen and oxygen atoms in total. The molecule has 214 valence electrons. The van der Waals surface area contributed by atoms with Crippen LogP contribution in [-0.4, -0.2) is 58.3 Å².